The molecule has 7 nitrogen and oxygen atoms in total. The van der Waals surface area contributed by atoms with Crippen molar-refractivity contribution in [3.8, 4) is 5.69 Å². The van der Waals surface area contributed by atoms with Crippen LogP contribution in [0.3, 0.4) is 0 Å². The number of rotatable bonds is 7. The molecular formula is C27H23ClN4O3. The molecule has 1 aromatic heterocycles. The third-order valence-electron chi connectivity index (χ3n) is 5.37. The normalized spacial score (nSPS) is 10.6. The summed E-state index contributed by atoms with van der Waals surface area (Å²) in [4.78, 5) is 38.4. The van der Waals surface area contributed by atoms with Crippen LogP contribution in [0.1, 0.15) is 32.1 Å². The third-order valence-corrected chi connectivity index (χ3v) is 5.68. The van der Waals surface area contributed by atoms with Gasteiger partial charge in [0.15, 0.2) is 5.69 Å². The maximum Gasteiger partial charge on any atom is 0.280 e. The van der Waals surface area contributed by atoms with Crippen molar-refractivity contribution in [3.63, 3.8) is 0 Å². The molecule has 0 bridgehead atoms. The molecule has 0 unspecified atom stereocenters. The SMILES string of the molecule is Cc1cc(=O)c(C(=O)Nc2ccccc2C(=O)NCCc2ccccc2)nn1-c1ccccc1Cl. The number of hydrogen-bond acceptors (Lipinski definition) is 4. The van der Waals surface area contributed by atoms with Crippen molar-refractivity contribution in [3.05, 3.63) is 123 Å². The summed E-state index contributed by atoms with van der Waals surface area (Å²) in [6.07, 6.45) is 0.677. The van der Waals surface area contributed by atoms with Gasteiger partial charge in [-0.3, -0.25) is 14.4 Å². The molecule has 2 amide bonds. The van der Waals surface area contributed by atoms with Gasteiger partial charge in [0.2, 0.25) is 5.43 Å². The Hall–Kier alpha value is -4.23. The fourth-order valence-electron chi connectivity index (χ4n) is 3.60. The first-order valence-electron chi connectivity index (χ1n) is 11.0. The molecule has 4 aromatic rings. The quantitative estimate of drug-likeness (QED) is 0.404. The first-order chi connectivity index (χ1) is 16.9. The summed E-state index contributed by atoms with van der Waals surface area (Å²) in [5.41, 5.74) is 1.89. The van der Waals surface area contributed by atoms with Crippen molar-refractivity contribution in [2.75, 3.05) is 11.9 Å². The van der Waals surface area contributed by atoms with Crippen molar-refractivity contribution < 1.29 is 9.59 Å². The van der Waals surface area contributed by atoms with E-state index in [-0.39, 0.29) is 22.9 Å². The molecule has 0 aliphatic carbocycles. The first kappa shape index (κ1) is 23.9. The third kappa shape index (κ3) is 5.65. The molecule has 0 saturated carbocycles. The fraction of sp³-hybridized carbons (Fsp3) is 0.111. The zero-order chi connectivity index (χ0) is 24.8. The number of amides is 2. The highest BCUT2D eigenvalue weighted by molar-refractivity contribution is 6.32. The Labute approximate surface area is 207 Å². The van der Waals surface area contributed by atoms with E-state index in [9.17, 15) is 14.4 Å². The monoisotopic (exact) mass is 486 g/mol. The first-order valence-corrected chi connectivity index (χ1v) is 11.4. The van der Waals surface area contributed by atoms with E-state index in [0.717, 1.165) is 5.56 Å². The van der Waals surface area contributed by atoms with E-state index >= 15 is 0 Å². The molecule has 0 aliphatic rings. The molecule has 4 rings (SSSR count). The van der Waals surface area contributed by atoms with Crippen molar-refractivity contribution >= 4 is 29.1 Å². The Morgan fingerprint density at radius 3 is 2.37 bits per heavy atom. The zero-order valence-electron chi connectivity index (χ0n) is 19.0. The molecule has 0 fully saturated rings. The van der Waals surface area contributed by atoms with Crippen LogP contribution in [0, 0.1) is 6.92 Å². The minimum Gasteiger partial charge on any atom is -0.352 e. The number of aromatic nitrogens is 2. The van der Waals surface area contributed by atoms with Crippen LogP contribution in [0.5, 0.6) is 0 Å². The number of carbonyl (C=O) groups excluding carboxylic acids is 2. The molecule has 8 heteroatoms. The number of benzene rings is 3. The summed E-state index contributed by atoms with van der Waals surface area (Å²) < 4.78 is 1.45. The number of halogens is 1. The van der Waals surface area contributed by atoms with Crippen LogP contribution >= 0.6 is 11.6 Å². The number of carbonyl (C=O) groups is 2. The van der Waals surface area contributed by atoms with Gasteiger partial charge in [0.1, 0.15) is 0 Å². The van der Waals surface area contributed by atoms with E-state index in [0.29, 0.717) is 29.4 Å². The minimum absolute atomic E-state index is 0.278. The van der Waals surface area contributed by atoms with Gasteiger partial charge in [0.05, 0.1) is 22.0 Å². The van der Waals surface area contributed by atoms with Crippen LogP contribution in [0.25, 0.3) is 5.69 Å². The average Bonchev–Trinajstić information content (AvgIpc) is 2.85. The molecule has 0 radical (unpaired) electrons. The topological polar surface area (TPSA) is 93.1 Å². The van der Waals surface area contributed by atoms with Crippen molar-refractivity contribution in [1.82, 2.24) is 15.1 Å². The summed E-state index contributed by atoms with van der Waals surface area (Å²) in [6.45, 7) is 2.14. The van der Waals surface area contributed by atoms with E-state index in [4.69, 9.17) is 11.6 Å². The molecule has 0 saturated heterocycles. The van der Waals surface area contributed by atoms with Gasteiger partial charge in [-0.25, -0.2) is 4.68 Å². The van der Waals surface area contributed by atoms with Crippen molar-refractivity contribution in [2.24, 2.45) is 0 Å². The molecule has 3 aromatic carbocycles. The largest absolute Gasteiger partial charge is 0.352 e. The van der Waals surface area contributed by atoms with Crippen LogP contribution in [0.2, 0.25) is 5.02 Å². The molecule has 0 aliphatic heterocycles. The highest BCUT2D eigenvalue weighted by Gasteiger charge is 2.19. The van der Waals surface area contributed by atoms with Crippen molar-refractivity contribution in [1.29, 1.82) is 0 Å². The number of para-hydroxylation sites is 2. The number of hydrogen-bond donors (Lipinski definition) is 2. The average molecular weight is 487 g/mol. The second-order valence-corrected chi connectivity index (χ2v) is 8.26. The lowest BCUT2D eigenvalue weighted by atomic mass is 10.1. The van der Waals surface area contributed by atoms with E-state index in [1.165, 1.54) is 10.7 Å². The van der Waals surface area contributed by atoms with Gasteiger partial charge >= 0.3 is 0 Å². The maximum absolute atomic E-state index is 13.0. The number of nitrogens with one attached hydrogen (secondary N) is 2. The standard InChI is InChI=1S/C27H23ClN4O3/c1-18-17-24(33)25(31-32(18)23-14-8-6-12-21(23)28)27(35)30-22-13-7-5-11-20(22)26(34)29-16-15-19-9-3-2-4-10-19/h2-14,17H,15-16H2,1H3,(H,29,34)(H,30,35). The van der Waals surface area contributed by atoms with Crippen LogP contribution in [-0.2, 0) is 6.42 Å². The van der Waals surface area contributed by atoms with Crippen LogP contribution in [-0.4, -0.2) is 28.1 Å². The summed E-state index contributed by atoms with van der Waals surface area (Å²) in [7, 11) is 0. The van der Waals surface area contributed by atoms with Crippen LogP contribution in [0.15, 0.2) is 89.7 Å². The van der Waals surface area contributed by atoms with Crippen LogP contribution < -0.4 is 16.1 Å². The molecule has 0 spiro atoms. The molecule has 0 atom stereocenters. The number of anilines is 1. The van der Waals surface area contributed by atoms with Gasteiger partial charge < -0.3 is 10.6 Å². The summed E-state index contributed by atoms with van der Waals surface area (Å²) in [5, 5.41) is 10.2. The minimum atomic E-state index is -0.722. The van der Waals surface area contributed by atoms with E-state index in [1.54, 1.807) is 55.5 Å². The maximum atomic E-state index is 13.0. The number of nitrogens with zero attached hydrogens (tertiary/aromatic N) is 2. The fourth-order valence-corrected chi connectivity index (χ4v) is 3.82. The predicted molar refractivity (Wildman–Crippen MR) is 136 cm³/mol. The Morgan fingerprint density at radius 1 is 0.914 bits per heavy atom. The highest BCUT2D eigenvalue weighted by Crippen LogP contribution is 2.20. The van der Waals surface area contributed by atoms with Gasteiger partial charge in [-0.15, -0.1) is 0 Å². The Balaban J connectivity index is 1.54. The van der Waals surface area contributed by atoms with E-state index in [2.05, 4.69) is 15.7 Å². The lowest BCUT2D eigenvalue weighted by Gasteiger charge is -2.14. The number of aryl methyl sites for hydroxylation is 1. The zero-order valence-corrected chi connectivity index (χ0v) is 19.8. The lowest BCUT2D eigenvalue weighted by Crippen LogP contribution is -2.29. The summed E-state index contributed by atoms with van der Waals surface area (Å²) in [5.74, 6) is -1.05. The lowest BCUT2D eigenvalue weighted by molar-refractivity contribution is 0.0955. The second kappa shape index (κ2) is 10.8. The molecule has 176 valence electrons. The summed E-state index contributed by atoms with van der Waals surface area (Å²) >= 11 is 6.28. The van der Waals surface area contributed by atoms with Gasteiger partial charge in [-0.05, 0) is 43.2 Å². The smallest absolute Gasteiger partial charge is 0.280 e. The van der Waals surface area contributed by atoms with Crippen molar-refractivity contribution in [2.45, 2.75) is 13.3 Å². The Kier molecular flexibility index (Phi) is 7.38. The van der Waals surface area contributed by atoms with Gasteiger partial charge in [0.25, 0.3) is 11.8 Å². The Morgan fingerprint density at radius 2 is 1.60 bits per heavy atom. The molecular weight excluding hydrogens is 464 g/mol. The molecule has 35 heavy (non-hydrogen) atoms. The van der Waals surface area contributed by atoms with Gasteiger partial charge in [0, 0.05) is 18.3 Å². The molecule has 2 N–H and O–H groups in total. The summed E-state index contributed by atoms with van der Waals surface area (Å²) in [6, 6.07) is 24.7. The van der Waals surface area contributed by atoms with E-state index < -0.39 is 11.3 Å². The predicted octanol–water partition coefficient (Wildman–Crippen LogP) is 4.42. The Bertz CT molecular complexity index is 1430. The molecule has 1 heterocycles. The highest BCUT2D eigenvalue weighted by atomic mass is 35.5. The van der Waals surface area contributed by atoms with Crippen LogP contribution in [0.4, 0.5) is 5.69 Å². The van der Waals surface area contributed by atoms with Gasteiger partial charge in [-0.2, -0.15) is 5.10 Å². The van der Waals surface area contributed by atoms with E-state index in [1.807, 2.05) is 30.3 Å². The second-order valence-electron chi connectivity index (χ2n) is 7.85. The van der Waals surface area contributed by atoms with Gasteiger partial charge in [-0.1, -0.05) is 66.2 Å².